The van der Waals surface area contributed by atoms with Crippen molar-refractivity contribution in [3.8, 4) is 12.3 Å². The summed E-state index contributed by atoms with van der Waals surface area (Å²) >= 11 is 0. The van der Waals surface area contributed by atoms with Gasteiger partial charge in [0.2, 0.25) is 10.0 Å². The number of hydrogen-bond donors (Lipinski definition) is 2. The Balaban J connectivity index is 2.04. The highest BCUT2D eigenvalue weighted by atomic mass is 32.2. The summed E-state index contributed by atoms with van der Waals surface area (Å²) in [5, 5.41) is 15.7. The Kier molecular flexibility index (Phi) is 4.58. The smallest absolute Gasteiger partial charge is 0.256 e. The van der Waals surface area contributed by atoms with E-state index in [4.69, 9.17) is 16.0 Å². The van der Waals surface area contributed by atoms with E-state index in [1.165, 1.54) is 13.8 Å². The maximum absolute atomic E-state index is 12.3. The second-order valence-electron chi connectivity index (χ2n) is 5.36. The van der Waals surface area contributed by atoms with Gasteiger partial charge in [0.05, 0.1) is 0 Å². The van der Waals surface area contributed by atoms with Gasteiger partial charge < -0.3 is 9.73 Å². The molecule has 0 saturated carbocycles. The molecule has 0 unspecified atom stereocenters. The maximum atomic E-state index is 12.3. The fourth-order valence-electron chi connectivity index (χ4n) is 2.40. The summed E-state index contributed by atoms with van der Waals surface area (Å²) in [6.07, 6.45) is 6.89. The molecule has 1 aliphatic rings. The molecule has 0 atom stereocenters. The van der Waals surface area contributed by atoms with Crippen LogP contribution in [-0.2, 0) is 10.0 Å². The van der Waals surface area contributed by atoms with Crippen molar-refractivity contribution in [3.63, 3.8) is 0 Å². The molecule has 8 nitrogen and oxygen atoms in total. The normalized spacial score (nSPS) is 15.2. The van der Waals surface area contributed by atoms with Crippen molar-refractivity contribution in [3.05, 3.63) is 17.1 Å². The van der Waals surface area contributed by atoms with Gasteiger partial charge in [0.1, 0.15) is 22.0 Å². The van der Waals surface area contributed by atoms with Crippen molar-refractivity contribution >= 4 is 15.9 Å². The molecule has 3 N–H and O–H groups in total. The molecule has 0 spiro atoms. The van der Waals surface area contributed by atoms with Crippen LogP contribution in [0.15, 0.2) is 19.5 Å². The predicted molar refractivity (Wildman–Crippen MR) is 82.2 cm³/mol. The lowest BCUT2D eigenvalue weighted by molar-refractivity contribution is 0.0947. The summed E-state index contributed by atoms with van der Waals surface area (Å²) in [4.78, 5) is 12.0. The average Bonchev–Trinajstić information content (AvgIpc) is 3.13. The fourth-order valence-corrected chi connectivity index (χ4v) is 3.36. The summed E-state index contributed by atoms with van der Waals surface area (Å²) in [6.45, 7) is 3.24. The van der Waals surface area contributed by atoms with E-state index < -0.39 is 21.6 Å². The van der Waals surface area contributed by atoms with Crippen molar-refractivity contribution < 1.29 is 17.6 Å². The molecule has 0 aliphatic carbocycles. The van der Waals surface area contributed by atoms with Crippen molar-refractivity contribution in [2.75, 3.05) is 6.54 Å². The van der Waals surface area contributed by atoms with Gasteiger partial charge in [0.15, 0.2) is 5.66 Å². The molecule has 0 saturated heterocycles. The van der Waals surface area contributed by atoms with E-state index in [0.29, 0.717) is 19.3 Å². The number of nitrogens with zero attached hydrogens (tertiary/aromatic N) is 2. The molecule has 1 aliphatic heterocycles. The molecule has 9 heteroatoms. The van der Waals surface area contributed by atoms with Gasteiger partial charge in [0, 0.05) is 25.8 Å². The molecule has 0 fully saturated rings. The van der Waals surface area contributed by atoms with E-state index in [-0.39, 0.29) is 28.5 Å². The Morgan fingerprint density at radius 1 is 1.35 bits per heavy atom. The number of carbonyl (C=O) groups is 1. The second kappa shape index (κ2) is 6.14. The number of carbonyl (C=O) groups excluding carboxylic acids is 1. The lowest BCUT2D eigenvalue weighted by Crippen LogP contribution is -2.30. The number of terminal acetylenes is 1. The Morgan fingerprint density at radius 3 is 2.52 bits per heavy atom. The van der Waals surface area contributed by atoms with Gasteiger partial charge >= 0.3 is 0 Å². The minimum absolute atomic E-state index is 0.0626. The molecular weight excluding hydrogens is 320 g/mol. The SMILES string of the molecule is C#CCCC1(CCNC(=O)c2c(C)oc(C)c2S(N)(=O)=O)N=N1. The van der Waals surface area contributed by atoms with Crippen LogP contribution in [0.3, 0.4) is 0 Å². The summed E-state index contributed by atoms with van der Waals surface area (Å²) in [5.41, 5.74) is -0.573. The molecule has 0 aromatic carbocycles. The van der Waals surface area contributed by atoms with Crippen LogP contribution in [0.1, 0.15) is 41.1 Å². The van der Waals surface area contributed by atoms with E-state index in [1.807, 2.05) is 0 Å². The average molecular weight is 338 g/mol. The Bertz CT molecular complexity index is 795. The highest BCUT2D eigenvalue weighted by Crippen LogP contribution is 2.36. The van der Waals surface area contributed by atoms with Crippen molar-refractivity contribution in [2.24, 2.45) is 15.4 Å². The Labute approximate surface area is 134 Å². The minimum Gasteiger partial charge on any atom is -0.464 e. The van der Waals surface area contributed by atoms with Crippen LogP contribution in [-0.4, -0.2) is 26.5 Å². The zero-order valence-electron chi connectivity index (χ0n) is 12.9. The number of nitrogens with two attached hydrogens (primary N) is 1. The van der Waals surface area contributed by atoms with Crippen molar-refractivity contribution in [1.29, 1.82) is 0 Å². The quantitative estimate of drug-likeness (QED) is 0.725. The van der Waals surface area contributed by atoms with Gasteiger partial charge in [-0.15, -0.1) is 12.3 Å². The highest BCUT2D eigenvalue weighted by molar-refractivity contribution is 7.89. The first kappa shape index (κ1) is 17.2. The van der Waals surface area contributed by atoms with Gasteiger partial charge in [-0.2, -0.15) is 10.2 Å². The second-order valence-corrected chi connectivity index (χ2v) is 6.85. The van der Waals surface area contributed by atoms with E-state index >= 15 is 0 Å². The number of hydrogen-bond acceptors (Lipinski definition) is 6. The summed E-state index contributed by atoms with van der Waals surface area (Å²) < 4.78 is 28.5. The van der Waals surface area contributed by atoms with Crippen molar-refractivity contribution in [1.82, 2.24) is 5.32 Å². The number of rotatable bonds is 7. The number of primary sulfonamides is 1. The number of nitrogens with one attached hydrogen (secondary N) is 1. The van der Waals surface area contributed by atoms with E-state index in [9.17, 15) is 13.2 Å². The third kappa shape index (κ3) is 3.78. The van der Waals surface area contributed by atoms with E-state index in [2.05, 4.69) is 21.5 Å². The molecule has 1 aromatic heterocycles. The first-order valence-corrected chi connectivity index (χ1v) is 8.53. The van der Waals surface area contributed by atoms with Crippen LogP contribution in [0.2, 0.25) is 0 Å². The van der Waals surface area contributed by atoms with E-state index in [1.54, 1.807) is 0 Å². The van der Waals surface area contributed by atoms with Crippen LogP contribution in [0.25, 0.3) is 0 Å². The molecule has 1 amide bonds. The number of amides is 1. The molecule has 1 aromatic rings. The zero-order valence-corrected chi connectivity index (χ0v) is 13.7. The third-order valence-corrected chi connectivity index (χ3v) is 4.64. The predicted octanol–water partition coefficient (Wildman–Crippen LogP) is 1.24. The largest absolute Gasteiger partial charge is 0.464 e. The molecule has 2 rings (SSSR count). The van der Waals surface area contributed by atoms with Crippen molar-refractivity contribution in [2.45, 2.75) is 43.7 Å². The molecule has 0 bridgehead atoms. The van der Waals surface area contributed by atoms with E-state index in [0.717, 1.165) is 0 Å². The number of aryl methyl sites for hydroxylation is 2. The van der Waals surface area contributed by atoms with Gasteiger partial charge in [0.25, 0.3) is 5.91 Å². The monoisotopic (exact) mass is 338 g/mol. The highest BCUT2D eigenvalue weighted by Gasteiger charge is 2.39. The Morgan fingerprint density at radius 2 is 2.00 bits per heavy atom. The molecular formula is C14H18N4O4S. The first-order chi connectivity index (χ1) is 10.7. The van der Waals surface area contributed by atoms with Gasteiger partial charge in [-0.3, -0.25) is 4.79 Å². The minimum atomic E-state index is -4.06. The van der Waals surface area contributed by atoms with Gasteiger partial charge in [-0.25, -0.2) is 13.6 Å². The summed E-state index contributed by atoms with van der Waals surface area (Å²) in [5.74, 6) is 2.26. The van der Waals surface area contributed by atoms with Crippen LogP contribution in [0.5, 0.6) is 0 Å². The topological polar surface area (TPSA) is 127 Å². The molecule has 2 heterocycles. The van der Waals surface area contributed by atoms with Crippen LogP contribution in [0.4, 0.5) is 0 Å². The summed E-state index contributed by atoms with van der Waals surface area (Å²) in [7, 11) is -4.06. The third-order valence-electron chi connectivity index (χ3n) is 3.58. The van der Waals surface area contributed by atoms with Gasteiger partial charge in [-0.05, 0) is 13.8 Å². The fraction of sp³-hybridized carbons (Fsp3) is 0.500. The maximum Gasteiger partial charge on any atom is 0.256 e. The lowest BCUT2D eigenvalue weighted by Gasteiger charge is -2.10. The zero-order chi connectivity index (χ0) is 17.3. The number of sulfonamides is 1. The molecule has 0 radical (unpaired) electrons. The van der Waals surface area contributed by atoms with Crippen LogP contribution >= 0.6 is 0 Å². The standard InChI is InChI=1S/C14H18N4O4S/c1-4-5-6-14(17-18-14)7-8-16-13(19)11-9(2)22-10(3)12(11)23(15,20)21/h1H,5-8H2,2-3H3,(H,16,19)(H2,15,20,21). The first-order valence-electron chi connectivity index (χ1n) is 6.99. The molecule has 23 heavy (non-hydrogen) atoms. The molecule has 124 valence electrons. The Hall–Kier alpha value is -2.18. The van der Waals surface area contributed by atoms with Crippen LogP contribution < -0.4 is 10.5 Å². The number of furan rings is 1. The summed E-state index contributed by atoms with van der Waals surface area (Å²) in [6, 6.07) is 0. The lowest BCUT2D eigenvalue weighted by atomic mass is 10.0. The van der Waals surface area contributed by atoms with Gasteiger partial charge in [-0.1, -0.05) is 0 Å². The van der Waals surface area contributed by atoms with Crippen LogP contribution in [0, 0.1) is 26.2 Å².